The Balaban J connectivity index is 1.67. The summed E-state index contributed by atoms with van der Waals surface area (Å²) in [4.78, 5) is 27.7. The van der Waals surface area contributed by atoms with Crippen LogP contribution in [-0.2, 0) is 9.59 Å². The molecule has 0 radical (unpaired) electrons. The molecule has 2 amide bonds. The van der Waals surface area contributed by atoms with E-state index in [2.05, 4.69) is 17.1 Å². The van der Waals surface area contributed by atoms with E-state index in [9.17, 15) is 9.59 Å². The van der Waals surface area contributed by atoms with Gasteiger partial charge in [-0.25, -0.2) is 0 Å². The van der Waals surface area contributed by atoms with E-state index in [1.54, 1.807) is 0 Å². The van der Waals surface area contributed by atoms with Gasteiger partial charge in [0.05, 0.1) is 6.54 Å². The molecule has 2 rings (SSSR count). The van der Waals surface area contributed by atoms with Crippen LogP contribution in [0.4, 0.5) is 0 Å². The molecule has 0 aromatic rings. The maximum atomic E-state index is 11.9. The minimum atomic E-state index is 0.0541. The second-order valence-electron chi connectivity index (χ2n) is 5.16. The number of carbonyl (C=O) groups excluding carboxylic acids is 2. The van der Waals surface area contributed by atoms with Crippen molar-refractivity contribution in [2.75, 3.05) is 39.3 Å². The Hall–Kier alpha value is -1.10. The molecule has 1 saturated heterocycles. The highest BCUT2D eigenvalue weighted by Gasteiger charge is 2.26. The third kappa shape index (κ3) is 3.22. The van der Waals surface area contributed by atoms with E-state index in [1.165, 1.54) is 0 Å². The molecule has 0 aromatic heterocycles. The van der Waals surface area contributed by atoms with Crippen molar-refractivity contribution >= 4 is 11.8 Å². The van der Waals surface area contributed by atoms with Gasteiger partial charge in [0.25, 0.3) is 0 Å². The van der Waals surface area contributed by atoms with Crippen LogP contribution in [0, 0.1) is 5.92 Å². The Bertz CT molecular complexity index is 307. The molecule has 0 bridgehead atoms. The fraction of sp³-hybridized carbons (Fsp3) is 0.846. The number of carbonyl (C=O) groups is 2. The molecule has 18 heavy (non-hydrogen) atoms. The van der Waals surface area contributed by atoms with E-state index in [0.717, 1.165) is 52.0 Å². The van der Waals surface area contributed by atoms with Crippen LogP contribution < -0.4 is 5.32 Å². The van der Waals surface area contributed by atoms with E-state index in [4.69, 9.17) is 0 Å². The number of piperazine rings is 1. The lowest BCUT2D eigenvalue weighted by Crippen LogP contribution is -2.51. The smallest absolute Gasteiger partial charge is 0.242 e. The van der Waals surface area contributed by atoms with Crippen molar-refractivity contribution in [1.82, 2.24) is 15.1 Å². The highest BCUT2D eigenvalue weighted by molar-refractivity contribution is 5.86. The summed E-state index contributed by atoms with van der Waals surface area (Å²) >= 11 is 0. The molecule has 1 aliphatic heterocycles. The fourth-order valence-corrected chi connectivity index (χ4v) is 2.40. The first kappa shape index (κ1) is 13.3. The van der Waals surface area contributed by atoms with Crippen molar-refractivity contribution in [3.63, 3.8) is 0 Å². The highest BCUT2D eigenvalue weighted by Crippen LogP contribution is 2.25. The molecular formula is C13H23N3O2. The zero-order valence-electron chi connectivity index (χ0n) is 11.2. The van der Waals surface area contributed by atoms with Gasteiger partial charge in [0.1, 0.15) is 0 Å². The normalized spacial score (nSPS) is 21.5. The molecule has 2 fully saturated rings. The Morgan fingerprint density at radius 3 is 2.33 bits per heavy atom. The topological polar surface area (TPSA) is 52.6 Å². The molecule has 2 aliphatic rings. The number of hydrogen-bond donors (Lipinski definition) is 1. The minimum Gasteiger partial charge on any atom is -0.347 e. The van der Waals surface area contributed by atoms with Crippen LogP contribution in [0.25, 0.3) is 0 Å². The first-order valence-corrected chi connectivity index (χ1v) is 6.98. The molecule has 0 unspecified atom stereocenters. The highest BCUT2D eigenvalue weighted by atomic mass is 16.2. The predicted molar refractivity (Wildman–Crippen MR) is 69.0 cm³/mol. The van der Waals surface area contributed by atoms with E-state index in [0.29, 0.717) is 0 Å². The summed E-state index contributed by atoms with van der Waals surface area (Å²) in [5, 5.41) is 2.76. The Morgan fingerprint density at radius 1 is 1.17 bits per heavy atom. The van der Waals surface area contributed by atoms with Gasteiger partial charge in [-0.3, -0.25) is 9.59 Å². The van der Waals surface area contributed by atoms with Crippen molar-refractivity contribution < 1.29 is 9.59 Å². The summed E-state index contributed by atoms with van der Waals surface area (Å²) in [6.45, 7) is 6.80. The van der Waals surface area contributed by atoms with Crippen LogP contribution in [0.3, 0.4) is 0 Å². The summed E-state index contributed by atoms with van der Waals surface area (Å²) in [5.74, 6) is 0.273. The average Bonchev–Trinajstić information content (AvgIpc) is 2.34. The number of nitrogens with zero attached hydrogens (tertiary/aromatic N) is 2. The van der Waals surface area contributed by atoms with Gasteiger partial charge in [-0.1, -0.05) is 13.3 Å². The van der Waals surface area contributed by atoms with Crippen LogP contribution in [0.15, 0.2) is 0 Å². The van der Waals surface area contributed by atoms with Gasteiger partial charge in [0.2, 0.25) is 11.8 Å². The quantitative estimate of drug-likeness (QED) is 0.771. The van der Waals surface area contributed by atoms with Crippen LogP contribution in [0.1, 0.15) is 26.2 Å². The molecule has 1 N–H and O–H groups in total. The molecule has 1 aliphatic carbocycles. The Labute approximate surface area is 108 Å². The predicted octanol–water partition coefficient (Wildman–Crippen LogP) is 0.0668. The summed E-state index contributed by atoms with van der Waals surface area (Å²) in [6.07, 6.45) is 3.11. The second-order valence-corrected chi connectivity index (χ2v) is 5.16. The van der Waals surface area contributed by atoms with Crippen molar-refractivity contribution in [2.45, 2.75) is 26.2 Å². The van der Waals surface area contributed by atoms with Crippen LogP contribution >= 0.6 is 0 Å². The zero-order chi connectivity index (χ0) is 13.0. The SMILES string of the molecule is CCN1CCN(C(=O)CNC(=O)C2CCC2)CC1. The third-order valence-corrected chi connectivity index (χ3v) is 4.06. The summed E-state index contributed by atoms with van der Waals surface area (Å²) in [6, 6.07) is 0. The number of rotatable bonds is 4. The third-order valence-electron chi connectivity index (χ3n) is 4.06. The Kier molecular flexibility index (Phi) is 4.58. The van der Waals surface area contributed by atoms with Gasteiger partial charge >= 0.3 is 0 Å². The fourth-order valence-electron chi connectivity index (χ4n) is 2.40. The molecule has 0 aromatic carbocycles. The zero-order valence-corrected chi connectivity index (χ0v) is 11.2. The lowest BCUT2D eigenvalue weighted by atomic mass is 9.85. The molecule has 1 heterocycles. The molecule has 0 atom stereocenters. The first-order chi connectivity index (χ1) is 8.70. The average molecular weight is 253 g/mol. The van der Waals surface area contributed by atoms with Gasteiger partial charge in [-0.05, 0) is 19.4 Å². The minimum absolute atomic E-state index is 0.0541. The monoisotopic (exact) mass is 253 g/mol. The first-order valence-electron chi connectivity index (χ1n) is 6.98. The van der Waals surface area contributed by atoms with Crippen LogP contribution in [-0.4, -0.2) is 60.9 Å². The van der Waals surface area contributed by atoms with Crippen LogP contribution in [0.5, 0.6) is 0 Å². The summed E-state index contributed by atoms with van der Waals surface area (Å²) < 4.78 is 0. The van der Waals surface area contributed by atoms with Crippen molar-refractivity contribution in [2.24, 2.45) is 5.92 Å². The van der Waals surface area contributed by atoms with Gasteiger partial charge in [-0.15, -0.1) is 0 Å². The maximum absolute atomic E-state index is 11.9. The van der Waals surface area contributed by atoms with Gasteiger partial charge in [0.15, 0.2) is 0 Å². The van der Waals surface area contributed by atoms with Crippen molar-refractivity contribution in [3.8, 4) is 0 Å². The number of hydrogen-bond acceptors (Lipinski definition) is 3. The number of amides is 2. The number of nitrogens with one attached hydrogen (secondary N) is 1. The van der Waals surface area contributed by atoms with Gasteiger partial charge < -0.3 is 15.1 Å². The lowest BCUT2D eigenvalue weighted by molar-refractivity contribution is -0.135. The standard InChI is InChI=1S/C13H23N3O2/c1-2-15-6-8-16(9-7-15)12(17)10-14-13(18)11-4-3-5-11/h11H,2-10H2,1H3,(H,14,18). The maximum Gasteiger partial charge on any atom is 0.242 e. The van der Waals surface area contributed by atoms with Crippen LogP contribution in [0.2, 0.25) is 0 Å². The van der Waals surface area contributed by atoms with E-state index < -0.39 is 0 Å². The summed E-state index contributed by atoms with van der Waals surface area (Å²) in [7, 11) is 0. The lowest BCUT2D eigenvalue weighted by Gasteiger charge is -2.34. The second kappa shape index (κ2) is 6.18. The molecule has 5 nitrogen and oxygen atoms in total. The van der Waals surface area contributed by atoms with E-state index in [-0.39, 0.29) is 24.3 Å². The molecule has 102 valence electrons. The molecule has 0 spiro atoms. The molecule has 1 saturated carbocycles. The van der Waals surface area contributed by atoms with E-state index in [1.807, 2.05) is 4.90 Å². The molecule has 5 heteroatoms. The van der Waals surface area contributed by atoms with Gasteiger partial charge in [-0.2, -0.15) is 0 Å². The van der Waals surface area contributed by atoms with E-state index >= 15 is 0 Å². The number of likely N-dealkylation sites (N-methyl/N-ethyl adjacent to an activating group) is 1. The van der Waals surface area contributed by atoms with Crippen molar-refractivity contribution in [1.29, 1.82) is 0 Å². The van der Waals surface area contributed by atoms with Gasteiger partial charge in [0, 0.05) is 32.1 Å². The largest absolute Gasteiger partial charge is 0.347 e. The molecular weight excluding hydrogens is 230 g/mol. The summed E-state index contributed by atoms with van der Waals surface area (Å²) in [5.41, 5.74) is 0. The Morgan fingerprint density at radius 2 is 1.83 bits per heavy atom. The van der Waals surface area contributed by atoms with Crippen molar-refractivity contribution in [3.05, 3.63) is 0 Å².